The average Bonchev–Trinajstić information content (AvgIpc) is 2.74. The lowest BCUT2D eigenvalue weighted by Crippen LogP contribution is -2.34. The van der Waals surface area contributed by atoms with Crippen molar-refractivity contribution >= 4 is 33.6 Å². The third kappa shape index (κ3) is 2.80. The van der Waals surface area contributed by atoms with Gasteiger partial charge < -0.3 is 5.32 Å². The lowest BCUT2D eigenvalue weighted by Gasteiger charge is -2.11. The van der Waals surface area contributed by atoms with Crippen LogP contribution in [0.15, 0.2) is 22.7 Å². The van der Waals surface area contributed by atoms with Gasteiger partial charge in [-0.3, -0.25) is 4.79 Å². The van der Waals surface area contributed by atoms with Gasteiger partial charge in [0.15, 0.2) is 0 Å². The average molecular weight is 300 g/mol. The molecule has 1 heterocycles. The summed E-state index contributed by atoms with van der Waals surface area (Å²) in [7, 11) is 0. The molecule has 0 saturated carbocycles. The minimum absolute atomic E-state index is 0.0354. The van der Waals surface area contributed by atoms with Crippen LogP contribution in [0.1, 0.15) is 22.3 Å². The molecule has 1 atom stereocenters. The van der Waals surface area contributed by atoms with Gasteiger partial charge in [-0.15, -0.1) is 0 Å². The smallest absolute Gasteiger partial charge is 0.251 e. The Morgan fingerprint density at radius 2 is 2.38 bits per heavy atom. The van der Waals surface area contributed by atoms with Crippen LogP contribution in [0.3, 0.4) is 0 Å². The maximum atomic E-state index is 11.9. The number of carbonyl (C=O) groups is 1. The van der Waals surface area contributed by atoms with Crippen molar-refractivity contribution in [1.29, 1.82) is 0 Å². The molecule has 1 aromatic carbocycles. The lowest BCUT2D eigenvalue weighted by molar-refractivity contribution is 0.0941. The van der Waals surface area contributed by atoms with Gasteiger partial charge in [0.1, 0.15) is 0 Å². The van der Waals surface area contributed by atoms with E-state index in [0.29, 0.717) is 6.04 Å². The zero-order valence-corrected chi connectivity index (χ0v) is 11.5. The Hall–Kier alpha value is -0.480. The third-order valence-corrected chi connectivity index (χ3v) is 4.72. The number of thioether (sulfide) groups is 1. The van der Waals surface area contributed by atoms with E-state index >= 15 is 0 Å². The summed E-state index contributed by atoms with van der Waals surface area (Å²) in [6.45, 7) is 2.01. The fraction of sp³-hybridized carbons (Fsp3) is 0.417. The highest BCUT2D eigenvalue weighted by Gasteiger charge is 2.18. The summed E-state index contributed by atoms with van der Waals surface area (Å²) in [5.74, 6) is 2.23. The van der Waals surface area contributed by atoms with Crippen molar-refractivity contribution in [3.63, 3.8) is 0 Å². The van der Waals surface area contributed by atoms with E-state index in [0.717, 1.165) is 33.5 Å². The molecule has 1 fully saturated rings. The normalized spacial score (nSPS) is 19.8. The Morgan fingerprint density at radius 3 is 3.00 bits per heavy atom. The Morgan fingerprint density at radius 1 is 1.56 bits per heavy atom. The number of benzene rings is 1. The first-order valence-corrected chi connectivity index (χ1v) is 7.26. The summed E-state index contributed by atoms with van der Waals surface area (Å²) < 4.78 is 0.987. The molecule has 1 amide bonds. The largest absolute Gasteiger partial charge is 0.348 e. The zero-order chi connectivity index (χ0) is 11.5. The Labute approximate surface area is 108 Å². The van der Waals surface area contributed by atoms with Crippen molar-refractivity contribution in [2.75, 3.05) is 11.5 Å². The Bertz CT molecular complexity index is 402. The molecule has 1 saturated heterocycles. The number of hydrogen-bond acceptors (Lipinski definition) is 2. The van der Waals surface area contributed by atoms with E-state index in [1.165, 1.54) is 0 Å². The molecule has 1 aliphatic heterocycles. The van der Waals surface area contributed by atoms with Crippen molar-refractivity contribution in [2.45, 2.75) is 19.4 Å². The molecular weight excluding hydrogens is 286 g/mol. The molecule has 1 aromatic rings. The van der Waals surface area contributed by atoms with Gasteiger partial charge in [-0.25, -0.2) is 0 Å². The van der Waals surface area contributed by atoms with Gasteiger partial charge in [-0.1, -0.05) is 22.0 Å². The van der Waals surface area contributed by atoms with E-state index in [4.69, 9.17) is 0 Å². The molecule has 2 rings (SSSR count). The highest BCUT2D eigenvalue weighted by molar-refractivity contribution is 9.10. The van der Waals surface area contributed by atoms with Gasteiger partial charge in [-0.05, 0) is 36.8 Å². The topological polar surface area (TPSA) is 29.1 Å². The Kier molecular flexibility index (Phi) is 3.92. The monoisotopic (exact) mass is 299 g/mol. The van der Waals surface area contributed by atoms with E-state index in [-0.39, 0.29) is 5.91 Å². The van der Waals surface area contributed by atoms with E-state index < -0.39 is 0 Å². The predicted molar refractivity (Wildman–Crippen MR) is 72.1 cm³/mol. The minimum Gasteiger partial charge on any atom is -0.348 e. The first kappa shape index (κ1) is 12.0. The van der Waals surface area contributed by atoms with Gasteiger partial charge in [0.25, 0.3) is 5.91 Å². The van der Waals surface area contributed by atoms with E-state index in [1.54, 1.807) is 0 Å². The SMILES string of the molecule is Cc1ccc(C(=O)NC2CCSC2)cc1Br. The number of aryl methyl sites for hydroxylation is 1. The molecule has 4 heteroatoms. The second-order valence-corrected chi connectivity index (χ2v) is 6.00. The second kappa shape index (κ2) is 5.23. The molecule has 1 N–H and O–H groups in total. The first-order valence-electron chi connectivity index (χ1n) is 5.31. The number of carbonyl (C=O) groups excluding carboxylic acids is 1. The molecule has 0 radical (unpaired) electrons. The van der Waals surface area contributed by atoms with Gasteiger partial charge in [0.05, 0.1) is 0 Å². The lowest BCUT2D eigenvalue weighted by atomic mass is 10.1. The van der Waals surface area contributed by atoms with Crippen LogP contribution in [0.25, 0.3) is 0 Å². The summed E-state index contributed by atoms with van der Waals surface area (Å²) in [6.07, 6.45) is 1.09. The van der Waals surface area contributed by atoms with Gasteiger partial charge >= 0.3 is 0 Å². The minimum atomic E-state index is 0.0354. The van der Waals surface area contributed by atoms with Gasteiger partial charge in [-0.2, -0.15) is 11.8 Å². The Balaban J connectivity index is 2.05. The van der Waals surface area contributed by atoms with Crippen LogP contribution >= 0.6 is 27.7 Å². The molecule has 1 aliphatic rings. The molecule has 86 valence electrons. The maximum absolute atomic E-state index is 11.9. The number of halogens is 1. The van der Waals surface area contributed by atoms with E-state index in [1.807, 2.05) is 36.9 Å². The molecular formula is C12H14BrNOS. The van der Waals surface area contributed by atoms with E-state index in [9.17, 15) is 4.79 Å². The maximum Gasteiger partial charge on any atom is 0.251 e. The predicted octanol–water partition coefficient (Wildman–Crippen LogP) is 2.99. The fourth-order valence-corrected chi connectivity index (χ4v) is 3.18. The highest BCUT2D eigenvalue weighted by Crippen LogP contribution is 2.19. The van der Waals surface area contributed by atoms with Crippen molar-refractivity contribution in [3.05, 3.63) is 33.8 Å². The van der Waals surface area contributed by atoms with Crippen LogP contribution in [0.2, 0.25) is 0 Å². The molecule has 0 aliphatic carbocycles. The second-order valence-electron chi connectivity index (χ2n) is 4.00. The fourth-order valence-electron chi connectivity index (χ4n) is 1.65. The zero-order valence-electron chi connectivity index (χ0n) is 9.13. The van der Waals surface area contributed by atoms with Crippen molar-refractivity contribution < 1.29 is 4.79 Å². The number of nitrogens with one attached hydrogen (secondary N) is 1. The molecule has 2 nitrogen and oxygen atoms in total. The third-order valence-electron chi connectivity index (χ3n) is 2.70. The van der Waals surface area contributed by atoms with Crippen LogP contribution in [-0.4, -0.2) is 23.5 Å². The van der Waals surface area contributed by atoms with Crippen LogP contribution in [0.4, 0.5) is 0 Å². The molecule has 1 unspecified atom stereocenters. The quantitative estimate of drug-likeness (QED) is 0.909. The van der Waals surface area contributed by atoms with Gasteiger partial charge in [0.2, 0.25) is 0 Å². The summed E-state index contributed by atoms with van der Waals surface area (Å²) in [4.78, 5) is 11.9. The highest BCUT2D eigenvalue weighted by atomic mass is 79.9. The van der Waals surface area contributed by atoms with Crippen LogP contribution in [0.5, 0.6) is 0 Å². The summed E-state index contributed by atoms with van der Waals surface area (Å²) in [6, 6.07) is 6.06. The molecule has 0 aromatic heterocycles. The number of hydrogen-bond donors (Lipinski definition) is 1. The van der Waals surface area contributed by atoms with Crippen LogP contribution in [-0.2, 0) is 0 Å². The van der Waals surface area contributed by atoms with Crippen molar-refractivity contribution in [3.8, 4) is 0 Å². The van der Waals surface area contributed by atoms with Crippen LogP contribution < -0.4 is 5.32 Å². The standard InChI is InChI=1S/C12H14BrNOS/c1-8-2-3-9(6-11(8)13)12(15)14-10-4-5-16-7-10/h2-3,6,10H,4-5,7H2,1H3,(H,14,15). The summed E-state index contributed by atoms with van der Waals surface area (Å²) in [5, 5.41) is 3.06. The number of amides is 1. The van der Waals surface area contributed by atoms with E-state index in [2.05, 4.69) is 21.2 Å². The van der Waals surface area contributed by atoms with Crippen LogP contribution in [0, 0.1) is 6.92 Å². The molecule has 16 heavy (non-hydrogen) atoms. The summed E-state index contributed by atoms with van der Waals surface area (Å²) in [5.41, 5.74) is 1.88. The summed E-state index contributed by atoms with van der Waals surface area (Å²) >= 11 is 5.34. The number of rotatable bonds is 2. The van der Waals surface area contributed by atoms with Crippen molar-refractivity contribution in [2.24, 2.45) is 0 Å². The van der Waals surface area contributed by atoms with Gasteiger partial charge in [0, 0.05) is 21.8 Å². The molecule has 0 bridgehead atoms. The van der Waals surface area contributed by atoms with Crippen molar-refractivity contribution in [1.82, 2.24) is 5.32 Å². The first-order chi connectivity index (χ1) is 7.66. The molecule has 0 spiro atoms.